The maximum atomic E-state index is 3.76. The summed E-state index contributed by atoms with van der Waals surface area (Å²) in [5.41, 5.74) is 7.29. The molecule has 0 aliphatic heterocycles. The van der Waals surface area contributed by atoms with Gasteiger partial charge in [0, 0.05) is 11.6 Å². The first-order valence-electron chi connectivity index (χ1n) is 7.50. The summed E-state index contributed by atoms with van der Waals surface area (Å²) in [4.78, 5) is 0. The van der Waals surface area contributed by atoms with Gasteiger partial charge in [0.05, 0.1) is 6.04 Å². The van der Waals surface area contributed by atoms with Gasteiger partial charge in [-0.15, -0.1) is 0 Å². The minimum atomic E-state index is 0.448. The lowest BCUT2D eigenvalue weighted by molar-refractivity contribution is 0.552. The van der Waals surface area contributed by atoms with E-state index in [0.717, 1.165) is 6.42 Å². The van der Waals surface area contributed by atoms with Crippen LogP contribution in [-0.4, -0.2) is 0 Å². The molecule has 0 amide bonds. The number of para-hydroxylation sites is 1. The zero-order valence-corrected chi connectivity index (χ0v) is 11.8. The maximum Gasteiger partial charge on any atom is 0.0591 e. The highest BCUT2D eigenvalue weighted by atomic mass is 14.9. The molecule has 2 aromatic carbocycles. The van der Waals surface area contributed by atoms with E-state index in [1.165, 1.54) is 28.8 Å². The van der Waals surface area contributed by atoms with E-state index in [1.54, 1.807) is 5.57 Å². The topological polar surface area (TPSA) is 12.0 Å². The van der Waals surface area contributed by atoms with Crippen LogP contribution in [0.5, 0.6) is 0 Å². The van der Waals surface area contributed by atoms with Crippen LogP contribution >= 0.6 is 0 Å². The molecule has 1 heteroatoms. The van der Waals surface area contributed by atoms with Crippen molar-refractivity contribution in [3.05, 3.63) is 70.8 Å². The lowest BCUT2D eigenvalue weighted by Gasteiger charge is -2.29. The van der Waals surface area contributed by atoms with Crippen LogP contribution in [0.25, 0.3) is 6.08 Å². The molecule has 2 unspecified atom stereocenters. The van der Waals surface area contributed by atoms with Crippen LogP contribution in [0.3, 0.4) is 0 Å². The van der Waals surface area contributed by atoms with Crippen LogP contribution in [0.2, 0.25) is 0 Å². The lowest BCUT2D eigenvalue weighted by Crippen LogP contribution is -2.21. The molecule has 20 heavy (non-hydrogen) atoms. The van der Waals surface area contributed by atoms with Crippen LogP contribution in [0.4, 0.5) is 5.69 Å². The van der Waals surface area contributed by atoms with Gasteiger partial charge < -0.3 is 5.32 Å². The second-order valence-electron chi connectivity index (χ2n) is 5.79. The van der Waals surface area contributed by atoms with Crippen molar-refractivity contribution in [1.29, 1.82) is 0 Å². The molecule has 0 saturated carbocycles. The van der Waals surface area contributed by atoms with Crippen LogP contribution in [0.15, 0.2) is 54.1 Å². The number of rotatable bonds is 3. The third-order valence-corrected chi connectivity index (χ3v) is 4.70. The van der Waals surface area contributed by atoms with Crippen LogP contribution in [0, 0.1) is 5.92 Å². The fraction of sp³-hybridized carbons (Fsp3) is 0.263. The van der Waals surface area contributed by atoms with Crippen molar-refractivity contribution in [3.8, 4) is 0 Å². The Bertz CT molecular complexity index is 669. The van der Waals surface area contributed by atoms with E-state index in [2.05, 4.69) is 66.8 Å². The summed E-state index contributed by atoms with van der Waals surface area (Å²) < 4.78 is 0. The molecule has 0 aromatic heterocycles. The predicted octanol–water partition coefficient (Wildman–Crippen LogP) is 4.82. The van der Waals surface area contributed by atoms with E-state index in [9.17, 15) is 0 Å². The van der Waals surface area contributed by atoms with Crippen molar-refractivity contribution in [2.75, 3.05) is 5.32 Å². The first kappa shape index (κ1) is 11.8. The van der Waals surface area contributed by atoms with Crippen molar-refractivity contribution < 1.29 is 0 Å². The third kappa shape index (κ3) is 1.70. The molecule has 0 spiro atoms. The summed E-state index contributed by atoms with van der Waals surface area (Å²) in [6, 6.07) is 17.8. The molecule has 0 fully saturated rings. The summed E-state index contributed by atoms with van der Waals surface area (Å²) >= 11 is 0. The van der Waals surface area contributed by atoms with Crippen molar-refractivity contribution in [1.82, 2.24) is 0 Å². The summed E-state index contributed by atoms with van der Waals surface area (Å²) in [5.74, 6) is 0.630. The minimum Gasteiger partial charge on any atom is -0.378 e. The van der Waals surface area contributed by atoms with Gasteiger partial charge in [-0.25, -0.2) is 0 Å². The normalized spacial score (nSPS) is 22.6. The number of nitrogens with one attached hydrogen (secondary N) is 1. The average Bonchev–Trinajstić information content (AvgIpc) is 2.81. The van der Waals surface area contributed by atoms with E-state index in [4.69, 9.17) is 0 Å². The first-order valence-corrected chi connectivity index (χ1v) is 7.50. The zero-order chi connectivity index (χ0) is 13.5. The largest absolute Gasteiger partial charge is 0.378 e. The van der Waals surface area contributed by atoms with Gasteiger partial charge in [-0.05, 0) is 41.7 Å². The summed E-state index contributed by atoms with van der Waals surface area (Å²) in [5, 5.41) is 3.76. The highest BCUT2D eigenvalue weighted by molar-refractivity contribution is 5.68. The monoisotopic (exact) mass is 261 g/mol. The molecule has 2 aromatic rings. The Morgan fingerprint density at radius 3 is 2.70 bits per heavy atom. The smallest absolute Gasteiger partial charge is 0.0591 e. The molecule has 100 valence electrons. The molecule has 0 heterocycles. The second kappa shape index (κ2) is 4.52. The van der Waals surface area contributed by atoms with Gasteiger partial charge in [-0.3, -0.25) is 0 Å². The molecular weight excluding hydrogens is 242 g/mol. The summed E-state index contributed by atoms with van der Waals surface area (Å²) in [6.07, 6.45) is 4.75. The van der Waals surface area contributed by atoms with Gasteiger partial charge in [-0.2, -0.15) is 0 Å². The van der Waals surface area contributed by atoms with Crippen molar-refractivity contribution in [2.24, 2.45) is 5.92 Å². The Morgan fingerprint density at radius 1 is 1.05 bits per heavy atom. The fourth-order valence-corrected chi connectivity index (χ4v) is 3.77. The zero-order valence-electron chi connectivity index (χ0n) is 11.8. The van der Waals surface area contributed by atoms with E-state index in [1.807, 2.05) is 0 Å². The predicted molar refractivity (Wildman–Crippen MR) is 84.7 cm³/mol. The van der Waals surface area contributed by atoms with Crippen molar-refractivity contribution >= 4 is 11.8 Å². The van der Waals surface area contributed by atoms with E-state index in [0.29, 0.717) is 12.0 Å². The molecule has 0 radical (unpaired) electrons. The van der Waals surface area contributed by atoms with Crippen LogP contribution in [0.1, 0.15) is 36.1 Å². The maximum absolute atomic E-state index is 3.76. The summed E-state index contributed by atoms with van der Waals surface area (Å²) in [7, 11) is 0. The summed E-state index contributed by atoms with van der Waals surface area (Å²) in [6.45, 7) is 2.28. The number of hydrogen-bond donors (Lipinski definition) is 1. The molecule has 2 atom stereocenters. The molecule has 4 rings (SSSR count). The average molecular weight is 261 g/mol. The Morgan fingerprint density at radius 2 is 1.90 bits per heavy atom. The van der Waals surface area contributed by atoms with Gasteiger partial charge >= 0.3 is 0 Å². The standard InChI is InChI=1S/C19H19N/c1-2-13-11-14-7-6-8-15-12-17(13)19(18(14)15)20-16-9-4-3-5-10-16/h3-11,17,19-20H,2,12H2,1H3. The molecule has 0 saturated heterocycles. The Labute approximate surface area is 120 Å². The lowest BCUT2D eigenvalue weighted by atomic mass is 9.83. The van der Waals surface area contributed by atoms with E-state index < -0.39 is 0 Å². The SMILES string of the molecule is CCC1=Cc2cccc3c2C(Nc2ccccc2)C1C3. The van der Waals surface area contributed by atoms with Gasteiger partial charge in [0.1, 0.15) is 0 Å². The van der Waals surface area contributed by atoms with Gasteiger partial charge in [-0.1, -0.05) is 55.0 Å². The van der Waals surface area contributed by atoms with Gasteiger partial charge in [0.15, 0.2) is 0 Å². The number of hydrogen-bond acceptors (Lipinski definition) is 1. The molecule has 1 N–H and O–H groups in total. The van der Waals surface area contributed by atoms with Crippen molar-refractivity contribution in [2.45, 2.75) is 25.8 Å². The molecule has 2 aliphatic rings. The minimum absolute atomic E-state index is 0.448. The molecule has 2 aliphatic carbocycles. The highest BCUT2D eigenvalue weighted by Gasteiger charge is 2.38. The Balaban J connectivity index is 1.77. The quantitative estimate of drug-likeness (QED) is 0.835. The van der Waals surface area contributed by atoms with Crippen molar-refractivity contribution in [3.63, 3.8) is 0 Å². The molecule has 1 nitrogen and oxygen atoms in total. The molecular formula is C19H19N. The Kier molecular flexibility index (Phi) is 2.66. The highest BCUT2D eigenvalue weighted by Crippen LogP contribution is 2.48. The van der Waals surface area contributed by atoms with E-state index in [-0.39, 0.29) is 0 Å². The first-order chi connectivity index (χ1) is 9.86. The van der Waals surface area contributed by atoms with Gasteiger partial charge in [0.2, 0.25) is 0 Å². The number of benzene rings is 2. The van der Waals surface area contributed by atoms with Gasteiger partial charge in [0.25, 0.3) is 0 Å². The second-order valence-corrected chi connectivity index (χ2v) is 5.79. The number of anilines is 1. The van der Waals surface area contributed by atoms with E-state index >= 15 is 0 Å². The Hall–Kier alpha value is -2.02. The van der Waals surface area contributed by atoms with Crippen LogP contribution < -0.4 is 5.32 Å². The third-order valence-electron chi connectivity index (χ3n) is 4.70. The van der Waals surface area contributed by atoms with Crippen LogP contribution in [-0.2, 0) is 6.42 Å². The molecule has 2 bridgehead atoms. The number of fused-ring (bicyclic) bond motifs is 1. The fourth-order valence-electron chi connectivity index (χ4n) is 3.77.